The topological polar surface area (TPSA) is 58.6 Å². The molecule has 7 heteroatoms. The predicted molar refractivity (Wildman–Crippen MR) is 98.5 cm³/mol. The molecule has 2 aromatic carbocycles. The number of carbonyl (C=O) groups is 2. The van der Waals surface area contributed by atoms with Crippen LogP contribution in [0.25, 0.3) is 0 Å². The molecule has 3 rings (SSSR count). The van der Waals surface area contributed by atoms with Gasteiger partial charge in [-0.25, -0.2) is 0 Å². The number of carbonyl (C=O) groups excluding carboxylic acids is 2. The Hall–Kier alpha value is -2.24. The average Bonchev–Trinajstić information content (AvgIpc) is 3.00. The highest BCUT2D eigenvalue weighted by Crippen LogP contribution is 2.30. The van der Waals surface area contributed by atoms with Crippen molar-refractivity contribution in [1.82, 2.24) is 0 Å². The van der Waals surface area contributed by atoms with Gasteiger partial charge in [-0.3, -0.25) is 9.59 Å². The van der Waals surface area contributed by atoms with Crippen molar-refractivity contribution in [3.05, 3.63) is 52.5 Å². The van der Waals surface area contributed by atoms with E-state index in [0.29, 0.717) is 33.7 Å². The van der Waals surface area contributed by atoms with Crippen LogP contribution in [0, 0.1) is 5.92 Å². The zero-order valence-corrected chi connectivity index (χ0v) is 15.0. The summed E-state index contributed by atoms with van der Waals surface area (Å²) in [6.07, 6.45) is 0.140. The quantitative estimate of drug-likeness (QED) is 0.874. The molecule has 1 N–H and O–H groups in total. The third kappa shape index (κ3) is 3.89. The number of nitrogens with zero attached hydrogens (tertiary/aromatic N) is 1. The molecule has 0 saturated carbocycles. The van der Waals surface area contributed by atoms with Crippen LogP contribution in [0.3, 0.4) is 0 Å². The molecule has 1 aliphatic rings. The van der Waals surface area contributed by atoms with Crippen molar-refractivity contribution in [3.63, 3.8) is 0 Å². The molecular weight excluding hydrogens is 363 g/mol. The summed E-state index contributed by atoms with van der Waals surface area (Å²) in [5, 5.41) is 3.62. The van der Waals surface area contributed by atoms with Gasteiger partial charge in [0.05, 0.1) is 23.7 Å². The van der Waals surface area contributed by atoms with Gasteiger partial charge in [-0.1, -0.05) is 29.3 Å². The number of halogens is 2. The highest BCUT2D eigenvalue weighted by Gasteiger charge is 2.35. The number of anilines is 2. The van der Waals surface area contributed by atoms with Crippen molar-refractivity contribution < 1.29 is 14.3 Å². The number of benzene rings is 2. The first-order chi connectivity index (χ1) is 12.0. The predicted octanol–water partition coefficient (Wildman–Crippen LogP) is 3.99. The van der Waals surface area contributed by atoms with E-state index >= 15 is 0 Å². The van der Waals surface area contributed by atoms with E-state index in [1.54, 1.807) is 48.4 Å². The van der Waals surface area contributed by atoms with E-state index in [0.717, 1.165) is 0 Å². The lowest BCUT2D eigenvalue weighted by molar-refractivity contribution is -0.122. The number of amides is 2. The lowest BCUT2D eigenvalue weighted by Gasteiger charge is -2.17. The normalized spacial score (nSPS) is 16.8. The Balaban J connectivity index is 1.73. The molecule has 0 spiro atoms. The van der Waals surface area contributed by atoms with Crippen molar-refractivity contribution in [2.24, 2.45) is 5.92 Å². The van der Waals surface area contributed by atoms with Crippen molar-refractivity contribution in [2.75, 3.05) is 23.9 Å². The lowest BCUT2D eigenvalue weighted by Crippen LogP contribution is -2.28. The van der Waals surface area contributed by atoms with Gasteiger partial charge in [0.2, 0.25) is 11.8 Å². The number of methoxy groups -OCH3 is 1. The highest BCUT2D eigenvalue weighted by atomic mass is 35.5. The molecule has 1 atom stereocenters. The number of hydrogen-bond donors (Lipinski definition) is 1. The van der Waals surface area contributed by atoms with Crippen molar-refractivity contribution in [3.8, 4) is 5.75 Å². The molecule has 1 heterocycles. The Kier molecular flexibility index (Phi) is 5.16. The molecule has 0 aliphatic carbocycles. The fourth-order valence-corrected chi connectivity index (χ4v) is 3.08. The fraction of sp³-hybridized carbons (Fsp3) is 0.222. The molecule has 1 fully saturated rings. The summed E-state index contributed by atoms with van der Waals surface area (Å²) in [4.78, 5) is 26.4. The molecule has 1 saturated heterocycles. The molecule has 2 aromatic rings. The van der Waals surface area contributed by atoms with Crippen molar-refractivity contribution in [1.29, 1.82) is 0 Å². The maximum atomic E-state index is 12.5. The molecule has 5 nitrogen and oxygen atoms in total. The minimum atomic E-state index is -0.464. The largest absolute Gasteiger partial charge is 0.497 e. The fourth-order valence-electron chi connectivity index (χ4n) is 2.74. The van der Waals surface area contributed by atoms with Crippen LogP contribution in [-0.2, 0) is 9.59 Å². The second-order valence-electron chi connectivity index (χ2n) is 5.72. The standard InChI is InChI=1S/C18H16Cl2N2O3/c1-25-14-4-2-3-13(9-14)22-10-11(7-17(22)23)18(24)21-16-8-12(19)5-6-15(16)20/h2-6,8-9,11H,7,10H2,1H3,(H,21,24). The Bertz CT molecular complexity index is 826. The summed E-state index contributed by atoms with van der Waals surface area (Å²) in [6.45, 7) is 0.302. The van der Waals surface area contributed by atoms with Gasteiger partial charge in [0.15, 0.2) is 0 Å². The van der Waals surface area contributed by atoms with E-state index in [4.69, 9.17) is 27.9 Å². The van der Waals surface area contributed by atoms with Crippen LogP contribution in [0.1, 0.15) is 6.42 Å². The molecule has 25 heavy (non-hydrogen) atoms. The van der Waals surface area contributed by atoms with Crippen LogP contribution in [0.5, 0.6) is 5.75 Å². The second-order valence-corrected chi connectivity index (χ2v) is 6.56. The molecule has 0 bridgehead atoms. The molecule has 130 valence electrons. The molecule has 1 aliphatic heterocycles. The first-order valence-electron chi connectivity index (χ1n) is 7.68. The van der Waals surface area contributed by atoms with Crippen LogP contribution in [0.4, 0.5) is 11.4 Å². The molecule has 2 amide bonds. The van der Waals surface area contributed by atoms with Crippen molar-refractivity contribution >= 4 is 46.4 Å². The third-order valence-electron chi connectivity index (χ3n) is 4.05. The van der Waals surface area contributed by atoms with Gasteiger partial charge in [0.25, 0.3) is 0 Å². The Morgan fingerprint density at radius 2 is 2.04 bits per heavy atom. The Morgan fingerprint density at radius 1 is 1.24 bits per heavy atom. The summed E-state index contributed by atoms with van der Waals surface area (Å²) < 4.78 is 5.18. The molecule has 0 radical (unpaired) electrons. The zero-order valence-electron chi connectivity index (χ0n) is 13.5. The minimum absolute atomic E-state index is 0.106. The minimum Gasteiger partial charge on any atom is -0.497 e. The van der Waals surface area contributed by atoms with Gasteiger partial charge in [0, 0.05) is 29.7 Å². The van der Waals surface area contributed by atoms with Gasteiger partial charge in [-0.05, 0) is 30.3 Å². The zero-order chi connectivity index (χ0) is 18.0. The number of ether oxygens (including phenoxy) is 1. The summed E-state index contributed by atoms with van der Waals surface area (Å²) in [5.74, 6) is -0.175. The van der Waals surface area contributed by atoms with E-state index in [9.17, 15) is 9.59 Å². The average molecular weight is 379 g/mol. The smallest absolute Gasteiger partial charge is 0.229 e. The highest BCUT2D eigenvalue weighted by molar-refractivity contribution is 6.35. The molecule has 1 unspecified atom stereocenters. The van der Waals surface area contributed by atoms with E-state index in [1.807, 2.05) is 6.07 Å². The third-order valence-corrected chi connectivity index (χ3v) is 4.61. The van der Waals surface area contributed by atoms with E-state index in [1.165, 1.54) is 0 Å². The maximum absolute atomic E-state index is 12.5. The monoisotopic (exact) mass is 378 g/mol. The van der Waals surface area contributed by atoms with Crippen LogP contribution >= 0.6 is 23.2 Å². The van der Waals surface area contributed by atoms with Gasteiger partial charge in [0.1, 0.15) is 5.75 Å². The van der Waals surface area contributed by atoms with Crippen molar-refractivity contribution in [2.45, 2.75) is 6.42 Å². The van der Waals surface area contributed by atoms with E-state index in [2.05, 4.69) is 5.32 Å². The van der Waals surface area contributed by atoms with Gasteiger partial charge in [-0.2, -0.15) is 0 Å². The summed E-state index contributed by atoms with van der Waals surface area (Å²) in [6, 6.07) is 12.0. The van der Waals surface area contributed by atoms with E-state index in [-0.39, 0.29) is 18.2 Å². The van der Waals surface area contributed by atoms with Gasteiger partial charge in [-0.15, -0.1) is 0 Å². The molecule has 0 aromatic heterocycles. The van der Waals surface area contributed by atoms with Crippen LogP contribution in [0.2, 0.25) is 10.0 Å². The van der Waals surface area contributed by atoms with Crippen LogP contribution in [-0.4, -0.2) is 25.5 Å². The number of hydrogen-bond acceptors (Lipinski definition) is 3. The van der Waals surface area contributed by atoms with Crippen LogP contribution < -0.4 is 15.0 Å². The van der Waals surface area contributed by atoms with Gasteiger partial charge >= 0.3 is 0 Å². The Morgan fingerprint density at radius 3 is 2.80 bits per heavy atom. The summed E-state index contributed by atoms with van der Waals surface area (Å²) in [5.41, 5.74) is 1.15. The van der Waals surface area contributed by atoms with Crippen LogP contribution in [0.15, 0.2) is 42.5 Å². The maximum Gasteiger partial charge on any atom is 0.229 e. The lowest BCUT2D eigenvalue weighted by atomic mass is 10.1. The van der Waals surface area contributed by atoms with Gasteiger partial charge < -0.3 is 15.0 Å². The molecular formula is C18H16Cl2N2O3. The Labute approximate surface area is 155 Å². The number of nitrogens with one attached hydrogen (secondary N) is 1. The summed E-state index contributed by atoms with van der Waals surface area (Å²) in [7, 11) is 1.57. The van der Waals surface area contributed by atoms with E-state index < -0.39 is 5.92 Å². The summed E-state index contributed by atoms with van der Waals surface area (Å²) >= 11 is 12.0. The first kappa shape index (κ1) is 17.6. The number of rotatable bonds is 4. The second kappa shape index (κ2) is 7.33. The SMILES string of the molecule is COc1cccc(N2CC(C(=O)Nc3cc(Cl)ccc3Cl)CC2=O)c1. The first-order valence-corrected chi connectivity index (χ1v) is 8.44.